The third kappa shape index (κ3) is 4.32. The minimum atomic E-state index is -3.83. The monoisotopic (exact) mass is 447 g/mol. The second-order valence-electron chi connectivity index (χ2n) is 7.44. The Balaban J connectivity index is 1.42. The SMILES string of the molecule is CC1=C(c2ccc(F)cc2)S(=O)(=O)N=C1N1CCC(NC(=O)Cc2cccs2)CC1. The zero-order valence-electron chi connectivity index (χ0n) is 16.5. The van der Waals surface area contributed by atoms with Crippen molar-refractivity contribution in [1.29, 1.82) is 0 Å². The van der Waals surface area contributed by atoms with Gasteiger partial charge in [-0.3, -0.25) is 4.79 Å². The van der Waals surface area contributed by atoms with Crippen molar-refractivity contribution in [2.24, 2.45) is 4.40 Å². The van der Waals surface area contributed by atoms with Crippen LogP contribution in [-0.4, -0.2) is 44.2 Å². The second kappa shape index (κ2) is 8.31. The van der Waals surface area contributed by atoms with E-state index in [2.05, 4.69) is 9.71 Å². The van der Waals surface area contributed by atoms with Crippen LogP contribution in [-0.2, 0) is 21.2 Å². The van der Waals surface area contributed by atoms with Gasteiger partial charge in [0.15, 0.2) is 0 Å². The maximum absolute atomic E-state index is 13.2. The Morgan fingerprint density at radius 2 is 1.93 bits per heavy atom. The number of halogens is 1. The van der Waals surface area contributed by atoms with Crippen LogP contribution in [0.25, 0.3) is 4.91 Å². The van der Waals surface area contributed by atoms with Crippen LogP contribution in [0.4, 0.5) is 4.39 Å². The lowest BCUT2D eigenvalue weighted by atomic mass is 10.0. The van der Waals surface area contributed by atoms with E-state index >= 15 is 0 Å². The molecule has 0 spiro atoms. The highest BCUT2D eigenvalue weighted by atomic mass is 32.2. The lowest BCUT2D eigenvalue weighted by Gasteiger charge is -2.33. The highest BCUT2D eigenvalue weighted by Crippen LogP contribution is 2.34. The number of nitrogens with one attached hydrogen (secondary N) is 1. The Hall–Kier alpha value is -2.52. The first-order valence-corrected chi connectivity index (χ1v) is 12.0. The van der Waals surface area contributed by atoms with E-state index in [4.69, 9.17) is 0 Å². The summed E-state index contributed by atoms with van der Waals surface area (Å²) in [5.41, 5.74) is 1.00. The maximum atomic E-state index is 13.2. The fraction of sp³-hybridized carbons (Fsp3) is 0.333. The number of nitrogens with zero attached hydrogens (tertiary/aromatic N) is 2. The van der Waals surface area contributed by atoms with Gasteiger partial charge in [0.05, 0.1) is 6.42 Å². The van der Waals surface area contributed by atoms with Crippen LogP contribution in [0.1, 0.15) is 30.2 Å². The molecular formula is C21H22FN3O3S2. The number of amides is 1. The lowest BCUT2D eigenvalue weighted by molar-refractivity contribution is -0.121. The molecule has 1 N–H and O–H groups in total. The smallest absolute Gasteiger partial charge is 0.285 e. The molecule has 0 unspecified atom stereocenters. The van der Waals surface area contributed by atoms with E-state index in [1.165, 1.54) is 24.3 Å². The molecule has 1 amide bonds. The van der Waals surface area contributed by atoms with E-state index < -0.39 is 15.8 Å². The molecule has 4 rings (SSSR count). The molecule has 9 heteroatoms. The number of sulfonamides is 1. The van der Waals surface area contributed by atoms with Crippen molar-refractivity contribution in [2.45, 2.75) is 32.2 Å². The van der Waals surface area contributed by atoms with Crippen LogP contribution < -0.4 is 5.32 Å². The normalized spacial score (nSPS) is 19.1. The van der Waals surface area contributed by atoms with E-state index in [9.17, 15) is 17.6 Å². The van der Waals surface area contributed by atoms with Crippen LogP contribution in [0.5, 0.6) is 0 Å². The lowest BCUT2D eigenvalue weighted by Crippen LogP contribution is -2.46. The number of hydrogen-bond donors (Lipinski definition) is 1. The molecule has 0 saturated carbocycles. The van der Waals surface area contributed by atoms with Crippen LogP contribution in [0.3, 0.4) is 0 Å². The van der Waals surface area contributed by atoms with Gasteiger partial charge in [0.2, 0.25) is 5.91 Å². The minimum Gasteiger partial charge on any atom is -0.356 e. The molecule has 1 fully saturated rings. The molecule has 0 atom stereocenters. The zero-order chi connectivity index (χ0) is 21.3. The molecule has 2 aromatic rings. The van der Waals surface area contributed by atoms with Gasteiger partial charge in [-0.05, 0) is 48.9 Å². The van der Waals surface area contributed by atoms with E-state index in [-0.39, 0.29) is 16.9 Å². The molecule has 0 bridgehead atoms. The number of carbonyl (C=O) groups excluding carboxylic acids is 1. The van der Waals surface area contributed by atoms with Gasteiger partial charge in [0.1, 0.15) is 16.6 Å². The van der Waals surface area contributed by atoms with Crippen LogP contribution in [0.2, 0.25) is 0 Å². The Kier molecular flexibility index (Phi) is 5.75. The predicted octanol–water partition coefficient (Wildman–Crippen LogP) is 3.18. The molecule has 3 heterocycles. The van der Waals surface area contributed by atoms with E-state index in [0.29, 0.717) is 49.3 Å². The van der Waals surface area contributed by atoms with Crippen molar-refractivity contribution in [3.05, 3.63) is 63.6 Å². The fourth-order valence-electron chi connectivity index (χ4n) is 3.87. The first-order valence-electron chi connectivity index (χ1n) is 9.72. The molecule has 1 saturated heterocycles. The second-order valence-corrected chi connectivity index (χ2v) is 10.0. The Morgan fingerprint density at radius 1 is 1.23 bits per heavy atom. The number of piperidine rings is 1. The molecule has 1 aromatic heterocycles. The van der Waals surface area contributed by atoms with Crippen molar-refractivity contribution < 1.29 is 17.6 Å². The van der Waals surface area contributed by atoms with Crippen molar-refractivity contribution in [2.75, 3.05) is 13.1 Å². The van der Waals surface area contributed by atoms with Gasteiger partial charge in [-0.25, -0.2) is 4.39 Å². The molecule has 6 nitrogen and oxygen atoms in total. The van der Waals surface area contributed by atoms with Gasteiger partial charge in [0.25, 0.3) is 10.0 Å². The predicted molar refractivity (Wildman–Crippen MR) is 116 cm³/mol. The van der Waals surface area contributed by atoms with Crippen molar-refractivity contribution >= 4 is 38.0 Å². The van der Waals surface area contributed by atoms with Gasteiger partial charge in [0, 0.05) is 29.6 Å². The van der Waals surface area contributed by atoms with Crippen LogP contribution >= 0.6 is 11.3 Å². The molecule has 0 radical (unpaired) electrons. The molecule has 30 heavy (non-hydrogen) atoms. The third-order valence-corrected chi connectivity index (χ3v) is 7.67. The Bertz CT molecular complexity index is 1100. The zero-order valence-corrected chi connectivity index (χ0v) is 18.1. The summed E-state index contributed by atoms with van der Waals surface area (Å²) in [6, 6.07) is 9.34. The topological polar surface area (TPSA) is 78.8 Å². The number of thiophene rings is 1. The summed E-state index contributed by atoms with van der Waals surface area (Å²) in [5, 5.41) is 5.02. The first-order chi connectivity index (χ1) is 14.3. The minimum absolute atomic E-state index is 0.00589. The number of amidine groups is 1. The molecule has 2 aliphatic heterocycles. The van der Waals surface area contributed by atoms with Gasteiger partial charge in [-0.1, -0.05) is 18.2 Å². The standard InChI is InChI=1S/C21H22FN3O3S2/c1-14-20(15-4-6-16(22)7-5-15)30(27,28)24-21(14)25-10-8-17(9-11-25)23-19(26)13-18-3-2-12-29-18/h2-7,12,17H,8-11,13H2,1H3,(H,23,26). The maximum Gasteiger partial charge on any atom is 0.285 e. The van der Waals surface area contributed by atoms with E-state index in [1.807, 2.05) is 22.4 Å². The van der Waals surface area contributed by atoms with Crippen molar-refractivity contribution in [3.8, 4) is 0 Å². The molecule has 1 aromatic carbocycles. The quantitative estimate of drug-likeness (QED) is 0.781. The van der Waals surface area contributed by atoms with Crippen molar-refractivity contribution in [1.82, 2.24) is 10.2 Å². The third-order valence-electron chi connectivity index (χ3n) is 5.32. The average molecular weight is 448 g/mol. The van der Waals surface area contributed by atoms with E-state index in [1.54, 1.807) is 18.3 Å². The molecule has 0 aliphatic carbocycles. The van der Waals surface area contributed by atoms with Gasteiger partial charge in [-0.2, -0.15) is 8.42 Å². The number of carbonyl (C=O) groups is 1. The number of benzene rings is 1. The Labute approximate surface area is 179 Å². The van der Waals surface area contributed by atoms with Crippen molar-refractivity contribution in [3.63, 3.8) is 0 Å². The molecule has 158 valence electrons. The fourth-order valence-corrected chi connectivity index (χ4v) is 6.06. The highest BCUT2D eigenvalue weighted by molar-refractivity contribution is 8.00. The summed E-state index contributed by atoms with van der Waals surface area (Å²) in [4.78, 5) is 15.3. The van der Waals surface area contributed by atoms with Gasteiger partial charge in [-0.15, -0.1) is 15.7 Å². The van der Waals surface area contributed by atoms with Crippen LogP contribution in [0, 0.1) is 5.82 Å². The van der Waals surface area contributed by atoms with Gasteiger partial charge >= 0.3 is 0 Å². The first kappa shape index (κ1) is 20.7. The molecule has 2 aliphatic rings. The summed E-state index contributed by atoms with van der Waals surface area (Å²) in [7, 11) is -3.83. The largest absolute Gasteiger partial charge is 0.356 e. The highest BCUT2D eigenvalue weighted by Gasteiger charge is 2.35. The van der Waals surface area contributed by atoms with Crippen LogP contribution in [0.15, 0.2) is 51.7 Å². The van der Waals surface area contributed by atoms with E-state index in [0.717, 1.165) is 4.88 Å². The number of likely N-dealkylation sites (tertiary alicyclic amines) is 1. The average Bonchev–Trinajstić information content (AvgIpc) is 3.29. The summed E-state index contributed by atoms with van der Waals surface area (Å²) in [6.07, 6.45) is 1.81. The number of rotatable bonds is 4. The Morgan fingerprint density at radius 3 is 2.57 bits per heavy atom. The molecular weight excluding hydrogens is 425 g/mol. The summed E-state index contributed by atoms with van der Waals surface area (Å²) in [5.74, 6) is 0.0285. The summed E-state index contributed by atoms with van der Waals surface area (Å²) < 4.78 is 42.5. The van der Waals surface area contributed by atoms with Gasteiger partial charge < -0.3 is 10.2 Å². The summed E-state index contributed by atoms with van der Waals surface area (Å²) in [6.45, 7) is 2.94. The number of hydrogen-bond acceptors (Lipinski definition) is 5. The summed E-state index contributed by atoms with van der Waals surface area (Å²) >= 11 is 1.56.